The van der Waals surface area contributed by atoms with Crippen LogP contribution in [0, 0.1) is 12.7 Å². The van der Waals surface area contributed by atoms with Crippen molar-refractivity contribution in [2.24, 2.45) is 10.7 Å². The van der Waals surface area contributed by atoms with Gasteiger partial charge in [-0.25, -0.2) is 4.39 Å². The third-order valence-corrected chi connectivity index (χ3v) is 3.48. The molecule has 1 amide bonds. The molecule has 0 saturated heterocycles. The zero-order chi connectivity index (χ0) is 18.2. The highest BCUT2D eigenvalue weighted by atomic mass is 127. The molecular formula is C18H22FIN4O2. The van der Waals surface area contributed by atoms with Gasteiger partial charge in [0.15, 0.2) is 5.96 Å². The number of rotatable bonds is 6. The molecule has 2 rings (SSSR count). The summed E-state index contributed by atoms with van der Waals surface area (Å²) in [6.45, 7) is 2.21. The minimum absolute atomic E-state index is 0. The lowest BCUT2D eigenvalue weighted by molar-refractivity contribution is 0.0954. The lowest BCUT2D eigenvalue weighted by Crippen LogP contribution is -2.28. The summed E-state index contributed by atoms with van der Waals surface area (Å²) in [5.41, 5.74) is 7.28. The number of carbonyl (C=O) groups excluding carboxylic acids is 1. The van der Waals surface area contributed by atoms with E-state index in [4.69, 9.17) is 10.5 Å². The van der Waals surface area contributed by atoms with Crippen LogP contribution >= 0.6 is 24.0 Å². The van der Waals surface area contributed by atoms with Gasteiger partial charge in [-0.2, -0.15) is 0 Å². The number of para-hydroxylation sites is 2. The molecule has 0 heterocycles. The molecule has 0 saturated carbocycles. The Bertz CT molecular complexity index is 784. The van der Waals surface area contributed by atoms with Gasteiger partial charge in [0.2, 0.25) is 0 Å². The molecule has 0 aliphatic rings. The summed E-state index contributed by atoms with van der Waals surface area (Å²) in [5, 5.41) is 5.60. The molecule has 2 aromatic rings. The first-order valence-electron chi connectivity index (χ1n) is 7.75. The van der Waals surface area contributed by atoms with Gasteiger partial charge in [-0.1, -0.05) is 18.2 Å². The maximum Gasteiger partial charge on any atom is 0.251 e. The van der Waals surface area contributed by atoms with Crippen LogP contribution in [-0.2, 0) is 0 Å². The number of ether oxygens (including phenoxy) is 1. The molecule has 26 heavy (non-hydrogen) atoms. The van der Waals surface area contributed by atoms with E-state index < -0.39 is 5.82 Å². The van der Waals surface area contributed by atoms with Crippen molar-refractivity contribution in [3.8, 4) is 5.75 Å². The zero-order valence-electron chi connectivity index (χ0n) is 14.6. The van der Waals surface area contributed by atoms with Crippen LogP contribution in [0.2, 0.25) is 0 Å². The lowest BCUT2D eigenvalue weighted by atomic mass is 10.1. The van der Waals surface area contributed by atoms with Gasteiger partial charge in [-0.3, -0.25) is 9.79 Å². The van der Waals surface area contributed by atoms with Crippen LogP contribution in [0.25, 0.3) is 0 Å². The Kier molecular flexibility index (Phi) is 8.83. The van der Waals surface area contributed by atoms with Crippen molar-refractivity contribution in [1.82, 2.24) is 5.32 Å². The van der Waals surface area contributed by atoms with Crippen LogP contribution in [-0.4, -0.2) is 32.1 Å². The number of hydrogen-bond acceptors (Lipinski definition) is 3. The van der Waals surface area contributed by atoms with E-state index in [1.54, 1.807) is 32.2 Å². The smallest absolute Gasteiger partial charge is 0.251 e. The van der Waals surface area contributed by atoms with E-state index in [9.17, 15) is 9.18 Å². The molecule has 0 unspecified atom stereocenters. The Morgan fingerprint density at radius 1 is 1.27 bits per heavy atom. The molecule has 0 aromatic heterocycles. The fourth-order valence-corrected chi connectivity index (χ4v) is 2.11. The Hall–Kier alpha value is -2.36. The number of nitrogens with zero attached hydrogens (tertiary/aromatic N) is 1. The highest BCUT2D eigenvalue weighted by Gasteiger charge is 2.07. The molecule has 6 nitrogen and oxygen atoms in total. The number of halogens is 2. The Balaban J connectivity index is 0.00000338. The van der Waals surface area contributed by atoms with Crippen LogP contribution in [0.1, 0.15) is 15.9 Å². The van der Waals surface area contributed by atoms with Gasteiger partial charge in [-0.15, -0.1) is 24.0 Å². The van der Waals surface area contributed by atoms with E-state index in [0.29, 0.717) is 17.0 Å². The van der Waals surface area contributed by atoms with Gasteiger partial charge in [0.05, 0.1) is 19.3 Å². The minimum atomic E-state index is -0.407. The van der Waals surface area contributed by atoms with Crippen LogP contribution < -0.4 is 21.1 Å². The van der Waals surface area contributed by atoms with Crippen LogP contribution in [0.3, 0.4) is 0 Å². The van der Waals surface area contributed by atoms with Gasteiger partial charge in [0, 0.05) is 12.1 Å². The Labute approximate surface area is 169 Å². The SMILES string of the molecule is COc1ccccc1NC(N)=NCCNC(=O)c1ccc(C)c(F)c1.I. The average Bonchev–Trinajstić information content (AvgIpc) is 2.61. The average molecular weight is 472 g/mol. The van der Waals surface area contributed by atoms with Gasteiger partial charge in [0.25, 0.3) is 5.91 Å². The Morgan fingerprint density at radius 3 is 2.69 bits per heavy atom. The summed E-state index contributed by atoms with van der Waals surface area (Å²) in [6.07, 6.45) is 0. The standard InChI is InChI=1S/C18H21FN4O2.HI/c1-12-7-8-13(11-14(12)19)17(24)21-9-10-22-18(20)23-15-5-3-4-6-16(15)25-2;/h3-8,11H,9-10H2,1-2H3,(H,21,24)(H3,20,22,23);1H. The number of carbonyl (C=O) groups is 1. The first-order valence-corrected chi connectivity index (χ1v) is 7.75. The second-order valence-electron chi connectivity index (χ2n) is 5.31. The quantitative estimate of drug-likeness (QED) is 0.261. The molecular weight excluding hydrogens is 450 g/mol. The fourth-order valence-electron chi connectivity index (χ4n) is 2.11. The molecule has 0 fully saturated rings. The van der Waals surface area contributed by atoms with Crippen molar-refractivity contribution in [2.45, 2.75) is 6.92 Å². The summed E-state index contributed by atoms with van der Waals surface area (Å²) in [7, 11) is 1.57. The van der Waals surface area contributed by atoms with E-state index in [-0.39, 0.29) is 54.5 Å². The maximum absolute atomic E-state index is 13.5. The Morgan fingerprint density at radius 2 is 2.00 bits per heavy atom. The molecule has 140 valence electrons. The predicted molar refractivity (Wildman–Crippen MR) is 112 cm³/mol. The number of anilines is 1. The van der Waals surface area contributed by atoms with Crippen molar-refractivity contribution in [2.75, 3.05) is 25.5 Å². The fraction of sp³-hybridized carbons (Fsp3) is 0.222. The summed E-state index contributed by atoms with van der Waals surface area (Å²) < 4.78 is 18.7. The van der Waals surface area contributed by atoms with Crippen molar-refractivity contribution in [3.05, 3.63) is 59.4 Å². The zero-order valence-corrected chi connectivity index (χ0v) is 16.9. The summed E-state index contributed by atoms with van der Waals surface area (Å²) in [6, 6.07) is 11.7. The van der Waals surface area contributed by atoms with Crippen molar-refractivity contribution in [3.63, 3.8) is 0 Å². The topological polar surface area (TPSA) is 88.7 Å². The lowest BCUT2D eigenvalue weighted by Gasteiger charge is -2.10. The van der Waals surface area contributed by atoms with Crippen molar-refractivity contribution >= 4 is 41.5 Å². The number of aryl methyl sites for hydroxylation is 1. The van der Waals surface area contributed by atoms with Gasteiger partial charge < -0.3 is 21.1 Å². The number of benzene rings is 2. The van der Waals surface area contributed by atoms with E-state index in [2.05, 4.69) is 15.6 Å². The molecule has 0 atom stereocenters. The van der Waals surface area contributed by atoms with Gasteiger partial charge in [-0.05, 0) is 36.8 Å². The molecule has 0 bridgehead atoms. The molecule has 0 radical (unpaired) electrons. The van der Waals surface area contributed by atoms with Crippen LogP contribution in [0.5, 0.6) is 5.75 Å². The predicted octanol–water partition coefficient (Wildman–Crippen LogP) is 2.92. The highest BCUT2D eigenvalue weighted by molar-refractivity contribution is 14.0. The summed E-state index contributed by atoms with van der Waals surface area (Å²) in [5.74, 6) is 0.0942. The van der Waals surface area contributed by atoms with E-state index in [1.807, 2.05) is 18.2 Å². The highest BCUT2D eigenvalue weighted by Crippen LogP contribution is 2.22. The van der Waals surface area contributed by atoms with Crippen molar-refractivity contribution < 1.29 is 13.9 Å². The third kappa shape index (κ3) is 6.17. The number of hydrogen-bond donors (Lipinski definition) is 3. The first kappa shape index (κ1) is 21.7. The molecule has 0 aliphatic heterocycles. The number of nitrogens with two attached hydrogens (primary N) is 1. The molecule has 0 spiro atoms. The number of methoxy groups -OCH3 is 1. The van der Waals surface area contributed by atoms with Crippen LogP contribution in [0.4, 0.5) is 10.1 Å². The summed E-state index contributed by atoms with van der Waals surface area (Å²) in [4.78, 5) is 16.1. The van der Waals surface area contributed by atoms with Gasteiger partial charge >= 0.3 is 0 Å². The largest absolute Gasteiger partial charge is 0.495 e. The molecule has 8 heteroatoms. The molecule has 2 aromatic carbocycles. The normalized spacial score (nSPS) is 10.7. The minimum Gasteiger partial charge on any atom is -0.495 e. The van der Waals surface area contributed by atoms with E-state index in [0.717, 1.165) is 0 Å². The first-order chi connectivity index (χ1) is 12.0. The maximum atomic E-state index is 13.5. The monoisotopic (exact) mass is 472 g/mol. The molecule has 4 N–H and O–H groups in total. The van der Waals surface area contributed by atoms with Gasteiger partial charge in [0.1, 0.15) is 11.6 Å². The number of guanidine groups is 1. The second-order valence-corrected chi connectivity index (χ2v) is 5.31. The summed E-state index contributed by atoms with van der Waals surface area (Å²) >= 11 is 0. The van der Waals surface area contributed by atoms with Crippen molar-refractivity contribution in [1.29, 1.82) is 0 Å². The third-order valence-electron chi connectivity index (χ3n) is 3.48. The second kappa shape index (κ2) is 10.6. The molecule has 0 aliphatic carbocycles. The van der Waals surface area contributed by atoms with E-state index in [1.165, 1.54) is 6.07 Å². The number of aliphatic imine (C=N–C) groups is 1. The van der Waals surface area contributed by atoms with Crippen LogP contribution in [0.15, 0.2) is 47.5 Å². The number of amides is 1. The number of nitrogens with one attached hydrogen (secondary N) is 2. The van der Waals surface area contributed by atoms with E-state index >= 15 is 0 Å².